The minimum atomic E-state index is -0.344. The van der Waals surface area contributed by atoms with Gasteiger partial charge in [-0.1, -0.05) is 30.3 Å². The Hall–Kier alpha value is -3.32. The molecule has 1 heterocycles. The van der Waals surface area contributed by atoms with Crippen LogP contribution in [0, 0.1) is 25.2 Å². The van der Waals surface area contributed by atoms with Gasteiger partial charge in [0.1, 0.15) is 11.6 Å². The van der Waals surface area contributed by atoms with Crippen molar-refractivity contribution < 1.29 is 4.79 Å². The number of carbonyl (C=O) groups is 1. The molecule has 0 atom stereocenters. The molecule has 3 aromatic rings. The van der Waals surface area contributed by atoms with Crippen LogP contribution in [-0.4, -0.2) is 16.5 Å². The number of aryl methyl sites for hydroxylation is 1. The largest absolute Gasteiger partial charge is 0.349 e. The first kappa shape index (κ1) is 18.5. The van der Waals surface area contributed by atoms with Crippen molar-refractivity contribution in [1.82, 2.24) is 9.88 Å². The standard InChI is InChI=1S/C23H23N3O/c1-15(2)25-23(27)21(14-24)12-20-11-16(3)26(17(20)4)22-10-9-18-7-5-6-8-19(18)13-22/h5-13,15H,1-4H3,(H,25,27)/b21-12-. The average molecular weight is 357 g/mol. The molecule has 0 radical (unpaired) electrons. The zero-order valence-electron chi connectivity index (χ0n) is 16.1. The minimum absolute atomic E-state index is 0.0146. The molecule has 4 nitrogen and oxygen atoms in total. The van der Waals surface area contributed by atoms with E-state index in [-0.39, 0.29) is 17.5 Å². The van der Waals surface area contributed by atoms with E-state index < -0.39 is 0 Å². The summed E-state index contributed by atoms with van der Waals surface area (Å²) in [7, 11) is 0. The molecule has 0 bridgehead atoms. The van der Waals surface area contributed by atoms with Crippen LogP contribution in [0.2, 0.25) is 0 Å². The fourth-order valence-corrected chi connectivity index (χ4v) is 3.29. The Morgan fingerprint density at radius 1 is 1.11 bits per heavy atom. The third-order valence-corrected chi connectivity index (χ3v) is 4.55. The van der Waals surface area contributed by atoms with Gasteiger partial charge in [0.2, 0.25) is 0 Å². The quantitative estimate of drug-likeness (QED) is 0.544. The summed E-state index contributed by atoms with van der Waals surface area (Å²) in [5.41, 5.74) is 4.09. The van der Waals surface area contributed by atoms with Crippen molar-refractivity contribution in [3.05, 3.63) is 71.1 Å². The van der Waals surface area contributed by atoms with E-state index in [1.807, 2.05) is 52.0 Å². The number of benzene rings is 2. The van der Waals surface area contributed by atoms with Gasteiger partial charge in [0.15, 0.2) is 0 Å². The van der Waals surface area contributed by atoms with Crippen LogP contribution in [0.5, 0.6) is 0 Å². The van der Waals surface area contributed by atoms with Gasteiger partial charge >= 0.3 is 0 Å². The molecule has 0 spiro atoms. The second kappa shape index (κ2) is 7.51. The van der Waals surface area contributed by atoms with Crippen molar-refractivity contribution in [3.8, 4) is 11.8 Å². The topological polar surface area (TPSA) is 57.8 Å². The lowest BCUT2D eigenvalue weighted by atomic mass is 10.1. The number of amides is 1. The summed E-state index contributed by atoms with van der Waals surface area (Å²) in [4.78, 5) is 12.2. The maximum atomic E-state index is 12.2. The molecule has 136 valence electrons. The Morgan fingerprint density at radius 2 is 1.81 bits per heavy atom. The third kappa shape index (κ3) is 3.78. The number of fused-ring (bicyclic) bond motifs is 1. The number of nitrogens with zero attached hydrogens (tertiary/aromatic N) is 2. The smallest absolute Gasteiger partial charge is 0.262 e. The van der Waals surface area contributed by atoms with Crippen molar-refractivity contribution in [1.29, 1.82) is 5.26 Å². The molecule has 0 aliphatic heterocycles. The minimum Gasteiger partial charge on any atom is -0.349 e. The first-order chi connectivity index (χ1) is 12.9. The molecule has 3 rings (SSSR count). The molecule has 0 saturated heterocycles. The number of hydrogen-bond donors (Lipinski definition) is 1. The summed E-state index contributed by atoms with van der Waals surface area (Å²) in [6.45, 7) is 7.78. The van der Waals surface area contributed by atoms with Crippen LogP contribution in [0.25, 0.3) is 22.5 Å². The molecule has 0 fully saturated rings. The predicted molar refractivity (Wildman–Crippen MR) is 110 cm³/mol. The van der Waals surface area contributed by atoms with E-state index in [9.17, 15) is 10.1 Å². The SMILES string of the molecule is Cc1cc(/C=C(/C#N)C(=O)NC(C)C)c(C)n1-c1ccc2ccccc2c1. The third-order valence-electron chi connectivity index (χ3n) is 4.55. The lowest BCUT2D eigenvalue weighted by molar-refractivity contribution is -0.117. The molecule has 1 N–H and O–H groups in total. The highest BCUT2D eigenvalue weighted by Gasteiger charge is 2.14. The van der Waals surface area contributed by atoms with E-state index in [2.05, 4.69) is 40.2 Å². The molecule has 2 aromatic carbocycles. The molecular formula is C23H23N3O. The summed E-state index contributed by atoms with van der Waals surface area (Å²) in [5, 5.41) is 14.5. The summed E-state index contributed by atoms with van der Waals surface area (Å²) in [5.74, 6) is -0.344. The number of nitrogens with one attached hydrogen (secondary N) is 1. The van der Waals surface area contributed by atoms with E-state index >= 15 is 0 Å². The fourth-order valence-electron chi connectivity index (χ4n) is 3.29. The highest BCUT2D eigenvalue weighted by Crippen LogP contribution is 2.25. The van der Waals surface area contributed by atoms with Crippen molar-refractivity contribution in [2.75, 3.05) is 0 Å². The van der Waals surface area contributed by atoms with Gasteiger partial charge in [0.25, 0.3) is 5.91 Å². The maximum absolute atomic E-state index is 12.2. The van der Waals surface area contributed by atoms with Crippen LogP contribution in [0.4, 0.5) is 0 Å². The van der Waals surface area contributed by atoms with Crippen LogP contribution >= 0.6 is 0 Å². The molecule has 0 saturated carbocycles. The monoisotopic (exact) mass is 357 g/mol. The molecule has 1 amide bonds. The second-order valence-electron chi connectivity index (χ2n) is 6.99. The zero-order chi connectivity index (χ0) is 19.6. The van der Waals surface area contributed by atoms with Crippen LogP contribution in [0.1, 0.15) is 30.8 Å². The van der Waals surface area contributed by atoms with Gasteiger partial charge in [-0.15, -0.1) is 0 Å². The first-order valence-electron chi connectivity index (χ1n) is 9.01. The molecule has 4 heteroatoms. The van der Waals surface area contributed by atoms with Gasteiger partial charge in [-0.05, 0) is 68.3 Å². The number of rotatable bonds is 4. The molecule has 27 heavy (non-hydrogen) atoms. The number of nitriles is 1. The van der Waals surface area contributed by atoms with Gasteiger partial charge in [-0.2, -0.15) is 5.26 Å². The van der Waals surface area contributed by atoms with Gasteiger partial charge in [-0.3, -0.25) is 4.79 Å². The zero-order valence-corrected chi connectivity index (χ0v) is 16.1. The van der Waals surface area contributed by atoms with E-state index in [1.165, 1.54) is 10.8 Å². The fraction of sp³-hybridized carbons (Fsp3) is 0.217. The van der Waals surface area contributed by atoms with E-state index in [0.717, 1.165) is 22.6 Å². The van der Waals surface area contributed by atoms with Crippen molar-refractivity contribution in [3.63, 3.8) is 0 Å². The average Bonchev–Trinajstić information content (AvgIpc) is 2.92. The van der Waals surface area contributed by atoms with Crippen LogP contribution in [-0.2, 0) is 4.79 Å². The van der Waals surface area contributed by atoms with Crippen LogP contribution in [0.3, 0.4) is 0 Å². The van der Waals surface area contributed by atoms with Crippen LogP contribution < -0.4 is 5.32 Å². The Balaban J connectivity index is 2.05. The summed E-state index contributed by atoms with van der Waals surface area (Å²) < 4.78 is 2.15. The Labute approximate surface area is 159 Å². The molecule has 0 aliphatic carbocycles. The molecular weight excluding hydrogens is 334 g/mol. The van der Waals surface area contributed by atoms with Gasteiger partial charge in [0, 0.05) is 23.1 Å². The molecule has 0 aliphatic rings. The van der Waals surface area contributed by atoms with Crippen LogP contribution in [0.15, 0.2) is 54.1 Å². The van der Waals surface area contributed by atoms with Gasteiger partial charge in [-0.25, -0.2) is 0 Å². The predicted octanol–water partition coefficient (Wildman–Crippen LogP) is 4.68. The summed E-state index contributed by atoms with van der Waals surface area (Å²) >= 11 is 0. The molecule has 0 unspecified atom stereocenters. The summed E-state index contributed by atoms with van der Waals surface area (Å²) in [6, 6.07) is 18.6. The van der Waals surface area contributed by atoms with Gasteiger partial charge in [0.05, 0.1) is 0 Å². The Morgan fingerprint density at radius 3 is 2.48 bits per heavy atom. The van der Waals surface area contributed by atoms with Crippen molar-refractivity contribution in [2.24, 2.45) is 0 Å². The summed E-state index contributed by atoms with van der Waals surface area (Å²) in [6.07, 6.45) is 1.66. The lowest BCUT2D eigenvalue weighted by Crippen LogP contribution is -2.30. The van der Waals surface area contributed by atoms with E-state index in [4.69, 9.17) is 0 Å². The van der Waals surface area contributed by atoms with E-state index in [1.54, 1.807) is 6.08 Å². The number of aromatic nitrogens is 1. The maximum Gasteiger partial charge on any atom is 0.262 e. The van der Waals surface area contributed by atoms with E-state index in [0.29, 0.717) is 0 Å². The number of carbonyl (C=O) groups excluding carboxylic acids is 1. The second-order valence-corrected chi connectivity index (χ2v) is 6.99. The normalized spacial score (nSPS) is 11.6. The highest BCUT2D eigenvalue weighted by molar-refractivity contribution is 6.02. The Bertz CT molecular complexity index is 1080. The molecule has 1 aromatic heterocycles. The first-order valence-corrected chi connectivity index (χ1v) is 9.01. The number of hydrogen-bond acceptors (Lipinski definition) is 2. The lowest BCUT2D eigenvalue weighted by Gasteiger charge is -2.11. The van der Waals surface area contributed by atoms with Gasteiger partial charge < -0.3 is 9.88 Å². The highest BCUT2D eigenvalue weighted by atomic mass is 16.1. The van der Waals surface area contributed by atoms with Crippen molar-refractivity contribution >= 4 is 22.8 Å². The van der Waals surface area contributed by atoms with Crippen molar-refractivity contribution in [2.45, 2.75) is 33.7 Å². The Kier molecular flexibility index (Phi) is 5.14.